The molecule has 132 valence electrons. The third kappa shape index (κ3) is 5.46. The van der Waals surface area contributed by atoms with Gasteiger partial charge < -0.3 is 15.4 Å². The minimum Gasteiger partial charge on any atom is -0.379 e. The Balaban J connectivity index is 1.55. The molecule has 1 fully saturated rings. The van der Waals surface area contributed by atoms with Crippen LogP contribution in [0.2, 0.25) is 5.02 Å². The molecule has 6 heteroatoms. The number of morpholine rings is 1. The van der Waals surface area contributed by atoms with E-state index in [1.54, 1.807) is 24.3 Å². The van der Waals surface area contributed by atoms with Gasteiger partial charge in [0.25, 0.3) is 0 Å². The number of hydrogen-bond donors (Lipinski definition) is 2. The number of benzene rings is 2. The second kappa shape index (κ2) is 8.85. The monoisotopic (exact) mass is 359 g/mol. The second-order valence-electron chi connectivity index (χ2n) is 5.97. The molecule has 0 radical (unpaired) electrons. The van der Waals surface area contributed by atoms with Crippen molar-refractivity contribution in [3.8, 4) is 0 Å². The minimum absolute atomic E-state index is 0.233. The SMILES string of the molecule is O=C(NCc1ccccc1CN1CCOCC1)Nc1ccc(Cl)cc1. The van der Waals surface area contributed by atoms with Crippen molar-refractivity contribution in [2.24, 2.45) is 0 Å². The Labute approximate surface area is 152 Å². The van der Waals surface area contributed by atoms with Gasteiger partial charge in [-0.05, 0) is 35.4 Å². The van der Waals surface area contributed by atoms with Crippen LogP contribution >= 0.6 is 11.6 Å². The lowest BCUT2D eigenvalue weighted by Crippen LogP contribution is -2.36. The number of nitrogens with zero attached hydrogens (tertiary/aromatic N) is 1. The molecule has 1 aliphatic rings. The Bertz CT molecular complexity index is 700. The van der Waals surface area contributed by atoms with Gasteiger partial charge in [0, 0.05) is 36.9 Å². The van der Waals surface area contributed by atoms with Gasteiger partial charge in [-0.2, -0.15) is 0 Å². The Morgan fingerprint density at radius 1 is 1.04 bits per heavy atom. The largest absolute Gasteiger partial charge is 0.379 e. The molecule has 0 bridgehead atoms. The van der Waals surface area contributed by atoms with Crippen LogP contribution in [0.5, 0.6) is 0 Å². The number of nitrogens with one attached hydrogen (secondary N) is 2. The maximum atomic E-state index is 12.1. The molecule has 3 rings (SSSR count). The zero-order chi connectivity index (χ0) is 17.5. The van der Waals surface area contributed by atoms with Crippen molar-refractivity contribution in [3.05, 3.63) is 64.7 Å². The maximum absolute atomic E-state index is 12.1. The molecule has 1 aliphatic heterocycles. The summed E-state index contributed by atoms with van der Waals surface area (Å²) in [6.07, 6.45) is 0. The van der Waals surface area contributed by atoms with Gasteiger partial charge in [0.2, 0.25) is 0 Å². The third-order valence-corrected chi connectivity index (χ3v) is 4.41. The van der Waals surface area contributed by atoms with Gasteiger partial charge in [0.05, 0.1) is 13.2 Å². The molecular formula is C19H22ClN3O2. The predicted molar refractivity (Wildman–Crippen MR) is 99.8 cm³/mol. The van der Waals surface area contributed by atoms with E-state index in [2.05, 4.69) is 27.7 Å². The minimum atomic E-state index is -0.233. The Hall–Kier alpha value is -2.08. The smallest absolute Gasteiger partial charge is 0.319 e. The summed E-state index contributed by atoms with van der Waals surface area (Å²) in [4.78, 5) is 14.5. The van der Waals surface area contributed by atoms with Crippen LogP contribution < -0.4 is 10.6 Å². The number of rotatable bonds is 5. The zero-order valence-corrected chi connectivity index (χ0v) is 14.8. The van der Waals surface area contributed by atoms with Gasteiger partial charge in [-0.1, -0.05) is 35.9 Å². The fourth-order valence-electron chi connectivity index (χ4n) is 2.77. The van der Waals surface area contributed by atoms with Crippen LogP contribution in [0.25, 0.3) is 0 Å². The Morgan fingerprint density at radius 2 is 1.72 bits per heavy atom. The number of urea groups is 1. The van der Waals surface area contributed by atoms with E-state index in [4.69, 9.17) is 16.3 Å². The fourth-order valence-corrected chi connectivity index (χ4v) is 2.89. The van der Waals surface area contributed by atoms with Crippen molar-refractivity contribution in [3.63, 3.8) is 0 Å². The summed E-state index contributed by atoms with van der Waals surface area (Å²) in [5.74, 6) is 0. The van der Waals surface area contributed by atoms with Crippen LogP contribution in [0.3, 0.4) is 0 Å². The molecule has 2 amide bonds. The summed E-state index contributed by atoms with van der Waals surface area (Å²) in [5, 5.41) is 6.36. The van der Waals surface area contributed by atoms with Crippen molar-refractivity contribution < 1.29 is 9.53 Å². The molecule has 5 nitrogen and oxygen atoms in total. The van der Waals surface area contributed by atoms with Crippen LogP contribution in [0, 0.1) is 0 Å². The lowest BCUT2D eigenvalue weighted by molar-refractivity contribution is 0.0341. The standard InChI is InChI=1S/C19H22ClN3O2/c20-17-5-7-18(8-6-17)22-19(24)21-13-15-3-1-2-4-16(15)14-23-9-11-25-12-10-23/h1-8H,9-14H2,(H2,21,22,24). The quantitative estimate of drug-likeness (QED) is 0.859. The summed E-state index contributed by atoms with van der Waals surface area (Å²) in [6, 6.07) is 15.0. The van der Waals surface area contributed by atoms with Crippen LogP contribution in [0.4, 0.5) is 10.5 Å². The van der Waals surface area contributed by atoms with Crippen molar-refractivity contribution in [2.45, 2.75) is 13.1 Å². The number of amides is 2. The average molecular weight is 360 g/mol. The molecule has 1 saturated heterocycles. The summed E-state index contributed by atoms with van der Waals surface area (Å²) in [6.45, 7) is 4.81. The predicted octanol–water partition coefficient (Wildman–Crippen LogP) is 3.49. The Morgan fingerprint density at radius 3 is 2.44 bits per heavy atom. The van der Waals surface area contributed by atoms with Gasteiger partial charge in [-0.15, -0.1) is 0 Å². The van der Waals surface area contributed by atoms with Crippen molar-refractivity contribution in [1.29, 1.82) is 0 Å². The van der Waals surface area contributed by atoms with E-state index in [1.165, 1.54) is 5.56 Å². The topological polar surface area (TPSA) is 53.6 Å². The molecule has 2 N–H and O–H groups in total. The van der Waals surface area contributed by atoms with Crippen LogP contribution in [-0.4, -0.2) is 37.2 Å². The lowest BCUT2D eigenvalue weighted by atomic mass is 10.1. The van der Waals surface area contributed by atoms with E-state index < -0.39 is 0 Å². The second-order valence-corrected chi connectivity index (χ2v) is 6.41. The first kappa shape index (κ1) is 17.7. The average Bonchev–Trinajstić information content (AvgIpc) is 2.64. The molecule has 0 saturated carbocycles. The van der Waals surface area contributed by atoms with Crippen molar-refractivity contribution in [1.82, 2.24) is 10.2 Å². The van der Waals surface area contributed by atoms with Gasteiger partial charge in [0.15, 0.2) is 0 Å². The highest BCUT2D eigenvalue weighted by Gasteiger charge is 2.13. The van der Waals surface area contributed by atoms with E-state index in [0.717, 1.165) is 38.4 Å². The van der Waals surface area contributed by atoms with Gasteiger partial charge in [-0.3, -0.25) is 4.90 Å². The van der Waals surface area contributed by atoms with Crippen LogP contribution in [0.15, 0.2) is 48.5 Å². The van der Waals surface area contributed by atoms with E-state index in [-0.39, 0.29) is 6.03 Å². The van der Waals surface area contributed by atoms with Crippen LogP contribution in [-0.2, 0) is 17.8 Å². The molecule has 2 aromatic rings. The molecule has 1 heterocycles. The third-order valence-electron chi connectivity index (χ3n) is 4.16. The van der Waals surface area contributed by atoms with Gasteiger partial charge in [-0.25, -0.2) is 4.79 Å². The highest BCUT2D eigenvalue weighted by molar-refractivity contribution is 6.30. The molecule has 25 heavy (non-hydrogen) atoms. The highest BCUT2D eigenvalue weighted by Crippen LogP contribution is 2.14. The first-order chi connectivity index (χ1) is 12.2. The van der Waals surface area contributed by atoms with Crippen LogP contribution in [0.1, 0.15) is 11.1 Å². The molecular weight excluding hydrogens is 338 g/mol. The first-order valence-electron chi connectivity index (χ1n) is 8.38. The van der Waals surface area contributed by atoms with Crippen molar-refractivity contribution >= 4 is 23.3 Å². The lowest BCUT2D eigenvalue weighted by Gasteiger charge is -2.27. The van der Waals surface area contributed by atoms with E-state index in [9.17, 15) is 4.79 Å². The molecule has 0 spiro atoms. The normalized spacial score (nSPS) is 14.9. The molecule has 0 aliphatic carbocycles. The number of carbonyl (C=O) groups excluding carboxylic acids is 1. The van der Waals surface area contributed by atoms with E-state index >= 15 is 0 Å². The highest BCUT2D eigenvalue weighted by atomic mass is 35.5. The fraction of sp³-hybridized carbons (Fsp3) is 0.316. The molecule has 0 aromatic heterocycles. The van der Waals surface area contributed by atoms with Gasteiger partial charge >= 0.3 is 6.03 Å². The molecule has 0 unspecified atom stereocenters. The molecule has 0 atom stereocenters. The van der Waals surface area contributed by atoms with E-state index in [1.807, 2.05) is 12.1 Å². The zero-order valence-electron chi connectivity index (χ0n) is 14.0. The number of ether oxygens (including phenoxy) is 1. The van der Waals surface area contributed by atoms with Gasteiger partial charge in [0.1, 0.15) is 0 Å². The number of carbonyl (C=O) groups is 1. The van der Waals surface area contributed by atoms with E-state index in [0.29, 0.717) is 17.3 Å². The summed E-state index contributed by atoms with van der Waals surface area (Å²) < 4.78 is 5.40. The summed E-state index contributed by atoms with van der Waals surface area (Å²) in [5.41, 5.74) is 3.07. The number of hydrogen-bond acceptors (Lipinski definition) is 3. The first-order valence-corrected chi connectivity index (χ1v) is 8.76. The number of anilines is 1. The Kier molecular flexibility index (Phi) is 6.28. The summed E-state index contributed by atoms with van der Waals surface area (Å²) in [7, 11) is 0. The number of halogens is 1. The molecule has 2 aromatic carbocycles. The van der Waals surface area contributed by atoms with Crippen molar-refractivity contribution in [2.75, 3.05) is 31.6 Å². The summed E-state index contributed by atoms with van der Waals surface area (Å²) >= 11 is 5.85. The maximum Gasteiger partial charge on any atom is 0.319 e.